The van der Waals surface area contributed by atoms with Crippen LogP contribution < -0.4 is 5.43 Å². The predicted molar refractivity (Wildman–Crippen MR) is 130 cm³/mol. The molecule has 0 aliphatic carbocycles. The van der Waals surface area contributed by atoms with Crippen LogP contribution in [-0.4, -0.2) is 68.1 Å². The van der Waals surface area contributed by atoms with Crippen LogP contribution in [-0.2, 0) is 15.8 Å². The van der Waals surface area contributed by atoms with E-state index in [1.165, 1.54) is 11.9 Å². The number of halogens is 4. The molecule has 0 unspecified atom stereocenters. The molecule has 2 aromatic carbocycles. The van der Waals surface area contributed by atoms with Crippen molar-refractivity contribution in [2.75, 3.05) is 20.2 Å². The molecule has 14 heteroatoms. The second-order valence-electron chi connectivity index (χ2n) is 9.22. The van der Waals surface area contributed by atoms with Gasteiger partial charge in [0.2, 0.25) is 0 Å². The highest BCUT2D eigenvalue weighted by atomic mass is 35.5. The summed E-state index contributed by atoms with van der Waals surface area (Å²) in [6.45, 7) is -0.924. The Labute approximate surface area is 222 Å². The molecule has 0 bridgehead atoms. The molecule has 0 radical (unpaired) electrons. The average molecular weight is 572 g/mol. The molecular formula is C25H21ClF3NO9. The van der Waals surface area contributed by atoms with Crippen LogP contribution in [0.3, 0.4) is 0 Å². The van der Waals surface area contributed by atoms with Crippen LogP contribution in [0.25, 0.3) is 22.3 Å². The number of likely N-dealkylation sites (tertiary alicyclic amines) is 1. The van der Waals surface area contributed by atoms with Crippen LogP contribution in [0.15, 0.2) is 39.5 Å². The number of hydrogen-bond donors (Lipinski definition) is 5. The summed E-state index contributed by atoms with van der Waals surface area (Å²) in [6.07, 6.45) is -4.71. The average Bonchev–Trinajstić information content (AvgIpc) is 3.13. The number of carboxylic acids is 2. The van der Waals surface area contributed by atoms with E-state index in [-0.39, 0.29) is 29.9 Å². The van der Waals surface area contributed by atoms with E-state index in [1.807, 2.05) is 0 Å². The number of likely N-dealkylation sites (N-methyl/N-ethyl adjacent to an activating group) is 1. The quantitative estimate of drug-likeness (QED) is 0.276. The van der Waals surface area contributed by atoms with Gasteiger partial charge in [-0.15, -0.1) is 0 Å². The molecule has 5 N–H and O–H groups in total. The SMILES string of the molecule is CN1CC[C@@H](c2c(O)cc(O)c3c(=O)cc(-c4ccc(C(F)(F)F)cc4Cl)oc23)[C@]1(CO)C(C(=O)O)C(=O)O. The standard InChI is InChI=1S/C25H21ClF3NO9/c1-30-5-4-12(24(30,9-31)20(22(35)36)23(37)38)18-14(32)7-15(33)19-16(34)8-17(39-21(18)19)11-3-2-10(6-13(11)26)25(27,28)29/h2-3,6-8,12,20,31-33H,4-5,9H2,1H3,(H,35,36)(H,37,38)/t12-,24+/m0/s1. The molecular weight excluding hydrogens is 551 g/mol. The summed E-state index contributed by atoms with van der Waals surface area (Å²) in [6, 6.07) is 3.96. The minimum absolute atomic E-state index is 0.00344. The number of aliphatic hydroxyl groups excluding tert-OH is 1. The van der Waals surface area contributed by atoms with Crippen molar-refractivity contribution in [3.8, 4) is 22.8 Å². The lowest BCUT2D eigenvalue weighted by atomic mass is 9.71. The van der Waals surface area contributed by atoms with Crippen LogP contribution in [0.5, 0.6) is 11.5 Å². The van der Waals surface area contributed by atoms with Gasteiger partial charge >= 0.3 is 18.1 Å². The third kappa shape index (κ3) is 4.45. The fourth-order valence-electron chi connectivity index (χ4n) is 5.40. The van der Waals surface area contributed by atoms with Crippen LogP contribution in [0.2, 0.25) is 5.02 Å². The number of rotatable bonds is 6. The largest absolute Gasteiger partial charge is 0.507 e. The van der Waals surface area contributed by atoms with E-state index in [0.717, 1.165) is 18.2 Å². The number of aliphatic hydroxyl groups is 1. The smallest absolute Gasteiger partial charge is 0.416 e. The van der Waals surface area contributed by atoms with Crippen molar-refractivity contribution < 1.29 is 52.7 Å². The van der Waals surface area contributed by atoms with Crippen molar-refractivity contribution in [3.63, 3.8) is 0 Å². The third-order valence-corrected chi connectivity index (χ3v) is 7.54. The minimum atomic E-state index is -4.70. The summed E-state index contributed by atoms with van der Waals surface area (Å²) in [5.74, 6) is -8.73. The van der Waals surface area contributed by atoms with E-state index >= 15 is 0 Å². The summed E-state index contributed by atoms with van der Waals surface area (Å²) in [5.41, 5.74) is -4.85. The molecule has 10 nitrogen and oxygen atoms in total. The summed E-state index contributed by atoms with van der Waals surface area (Å²) < 4.78 is 45.2. The number of phenolic OH excluding ortho intramolecular Hbond substituents is 2. The monoisotopic (exact) mass is 571 g/mol. The number of nitrogens with zero attached hydrogens (tertiary/aromatic N) is 1. The van der Waals surface area contributed by atoms with E-state index in [4.69, 9.17) is 16.0 Å². The Morgan fingerprint density at radius 2 is 1.79 bits per heavy atom. The van der Waals surface area contributed by atoms with Gasteiger partial charge in [-0.05, 0) is 38.2 Å². The zero-order valence-corrected chi connectivity index (χ0v) is 20.7. The van der Waals surface area contributed by atoms with Gasteiger partial charge in [-0.1, -0.05) is 11.6 Å². The molecule has 39 heavy (non-hydrogen) atoms. The zero-order valence-electron chi connectivity index (χ0n) is 20.0. The van der Waals surface area contributed by atoms with Gasteiger partial charge in [0.25, 0.3) is 0 Å². The molecule has 0 saturated carbocycles. The van der Waals surface area contributed by atoms with Crippen LogP contribution in [0, 0.1) is 5.92 Å². The molecule has 0 spiro atoms. The number of phenols is 2. The van der Waals surface area contributed by atoms with Crippen LogP contribution >= 0.6 is 11.6 Å². The zero-order chi connectivity index (χ0) is 29.0. The lowest BCUT2D eigenvalue weighted by molar-refractivity contribution is -0.164. The molecule has 1 fully saturated rings. The number of hydrogen-bond acceptors (Lipinski definition) is 8. The predicted octanol–water partition coefficient (Wildman–Crippen LogP) is 3.48. The molecule has 2 heterocycles. The summed E-state index contributed by atoms with van der Waals surface area (Å²) >= 11 is 6.07. The first-order chi connectivity index (χ1) is 18.1. The van der Waals surface area contributed by atoms with Crippen molar-refractivity contribution in [1.29, 1.82) is 0 Å². The number of carboxylic acid groups (broad SMARTS) is 2. The molecule has 1 aliphatic rings. The van der Waals surface area contributed by atoms with Gasteiger partial charge in [-0.2, -0.15) is 13.2 Å². The molecule has 1 aliphatic heterocycles. The van der Waals surface area contributed by atoms with Crippen LogP contribution in [0.4, 0.5) is 13.2 Å². The lowest BCUT2D eigenvalue weighted by Crippen LogP contribution is -2.59. The van der Waals surface area contributed by atoms with Crippen molar-refractivity contribution in [2.24, 2.45) is 5.92 Å². The molecule has 0 amide bonds. The Morgan fingerprint density at radius 1 is 1.15 bits per heavy atom. The molecule has 1 saturated heterocycles. The molecule has 4 rings (SSSR count). The Morgan fingerprint density at radius 3 is 2.33 bits per heavy atom. The Kier molecular flexibility index (Phi) is 7.04. The van der Waals surface area contributed by atoms with Gasteiger partial charge in [0, 0.05) is 29.2 Å². The van der Waals surface area contributed by atoms with E-state index < -0.39 is 80.6 Å². The topological polar surface area (TPSA) is 169 Å². The maximum atomic E-state index is 13.1. The number of benzene rings is 2. The van der Waals surface area contributed by atoms with E-state index in [2.05, 4.69) is 0 Å². The van der Waals surface area contributed by atoms with Gasteiger partial charge in [-0.3, -0.25) is 19.3 Å². The number of aliphatic carboxylic acids is 2. The molecule has 3 aromatic rings. The first kappa shape index (κ1) is 28.2. The lowest BCUT2D eigenvalue weighted by Gasteiger charge is -2.42. The van der Waals surface area contributed by atoms with E-state index in [0.29, 0.717) is 12.1 Å². The maximum absolute atomic E-state index is 13.1. The van der Waals surface area contributed by atoms with Gasteiger partial charge in [0.1, 0.15) is 28.2 Å². The molecule has 208 valence electrons. The minimum Gasteiger partial charge on any atom is -0.507 e. The highest BCUT2D eigenvalue weighted by molar-refractivity contribution is 6.33. The summed E-state index contributed by atoms with van der Waals surface area (Å²) in [7, 11) is 1.39. The summed E-state index contributed by atoms with van der Waals surface area (Å²) in [4.78, 5) is 38.5. The van der Waals surface area contributed by atoms with Gasteiger partial charge < -0.3 is 29.9 Å². The second-order valence-corrected chi connectivity index (χ2v) is 9.63. The second kappa shape index (κ2) is 9.74. The fraction of sp³-hybridized carbons (Fsp3) is 0.320. The van der Waals surface area contributed by atoms with Crippen molar-refractivity contribution in [1.82, 2.24) is 4.90 Å². The number of alkyl halides is 3. The van der Waals surface area contributed by atoms with E-state index in [1.54, 1.807) is 0 Å². The van der Waals surface area contributed by atoms with Crippen LogP contribution in [0.1, 0.15) is 23.5 Å². The van der Waals surface area contributed by atoms with Crippen molar-refractivity contribution in [3.05, 3.63) is 56.7 Å². The number of carbonyl (C=O) groups is 2. The third-order valence-electron chi connectivity index (χ3n) is 7.22. The van der Waals surface area contributed by atoms with Gasteiger partial charge in [-0.25, -0.2) is 0 Å². The van der Waals surface area contributed by atoms with Crippen molar-refractivity contribution in [2.45, 2.75) is 24.1 Å². The highest BCUT2D eigenvalue weighted by Gasteiger charge is 2.59. The van der Waals surface area contributed by atoms with Gasteiger partial charge in [0.15, 0.2) is 11.3 Å². The van der Waals surface area contributed by atoms with Crippen molar-refractivity contribution >= 4 is 34.5 Å². The van der Waals surface area contributed by atoms with E-state index in [9.17, 15) is 53.1 Å². The maximum Gasteiger partial charge on any atom is 0.416 e. The first-order valence-corrected chi connectivity index (χ1v) is 11.7. The molecule has 2 atom stereocenters. The van der Waals surface area contributed by atoms with Gasteiger partial charge in [0.05, 0.1) is 22.7 Å². The Balaban J connectivity index is 2.04. The first-order valence-electron chi connectivity index (χ1n) is 11.3. The normalized spacial score (nSPS) is 20.1. The Hall–Kier alpha value is -3.81. The summed E-state index contributed by atoms with van der Waals surface area (Å²) in [5, 5.41) is 50.4. The number of fused-ring (bicyclic) bond motifs is 1. The number of aromatic hydroxyl groups is 2. The Bertz CT molecular complexity index is 1540. The molecule has 1 aromatic heterocycles. The fourth-order valence-corrected chi connectivity index (χ4v) is 5.67. The highest BCUT2D eigenvalue weighted by Crippen LogP contribution is 2.51.